The molecule has 0 radical (unpaired) electrons. The topological polar surface area (TPSA) is 159 Å². The second-order valence-corrected chi connectivity index (χ2v) is 15.2. The highest BCUT2D eigenvalue weighted by molar-refractivity contribution is 5.88. The number of fused-ring (bicyclic) bond motifs is 5. The van der Waals surface area contributed by atoms with Crippen LogP contribution >= 0.6 is 0 Å². The summed E-state index contributed by atoms with van der Waals surface area (Å²) in [5.41, 5.74) is 12.3. The molecular weight excluding hydrogens is 532 g/mol. The molecule has 0 bridgehead atoms. The summed E-state index contributed by atoms with van der Waals surface area (Å²) in [6, 6.07) is -2.08. The molecule has 5 rings (SSSR count). The lowest BCUT2D eigenvalue weighted by molar-refractivity contribution is -0.148. The first-order valence-corrected chi connectivity index (χ1v) is 16.9. The summed E-state index contributed by atoms with van der Waals surface area (Å²) in [7, 11) is 0. The standard InChI is InChI=1S/C33H56N4O5/c1-32-15-13-26-24(9-6-21-17-23(38)12-14-33(21,26)2)25(32)10-7-20(32)8-11-29(39)36-22-18-28(31(41)42)37(19-22)30(40)27(35)5-3-4-16-34/h20-28,38H,3-19,34-35H2,1-2H3,(H,36,39)(H,41,42)/t20?,21?,22-,23+,24?,25?,26?,27?,28-,32+,33-/m0/s1. The first kappa shape index (κ1) is 31.7. The number of likely N-dealkylation sites (tertiary alicyclic amines) is 1. The number of aliphatic carboxylic acids is 1. The van der Waals surface area contributed by atoms with E-state index in [4.69, 9.17) is 11.5 Å². The number of unbranched alkanes of at least 4 members (excludes halogenated alkanes) is 1. The number of aliphatic hydroxyl groups is 1. The fourth-order valence-corrected chi connectivity index (χ4v) is 10.7. The third-order valence-electron chi connectivity index (χ3n) is 13.1. The fourth-order valence-electron chi connectivity index (χ4n) is 10.7. The zero-order valence-electron chi connectivity index (χ0n) is 25.9. The maximum absolute atomic E-state index is 13.1. The Morgan fingerprint density at radius 3 is 2.45 bits per heavy atom. The minimum Gasteiger partial charge on any atom is -0.480 e. The first-order chi connectivity index (χ1) is 20.0. The molecule has 5 aliphatic rings. The molecule has 1 heterocycles. The monoisotopic (exact) mass is 588 g/mol. The predicted molar refractivity (Wildman–Crippen MR) is 161 cm³/mol. The Balaban J connectivity index is 1.14. The maximum atomic E-state index is 13.1. The quantitative estimate of drug-likeness (QED) is 0.245. The number of hydrogen-bond donors (Lipinski definition) is 5. The van der Waals surface area contributed by atoms with Gasteiger partial charge in [0.1, 0.15) is 6.04 Å². The summed E-state index contributed by atoms with van der Waals surface area (Å²) in [4.78, 5) is 39.4. The summed E-state index contributed by atoms with van der Waals surface area (Å²) < 4.78 is 0. The third-order valence-corrected chi connectivity index (χ3v) is 13.1. The minimum absolute atomic E-state index is 0.0415. The van der Waals surface area contributed by atoms with Crippen LogP contribution in [-0.2, 0) is 14.4 Å². The van der Waals surface area contributed by atoms with E-state index in [1.54, 1.807) is 0 Å². The molecule has 4 saturated carbocycles. The van der Waals surface area contributed by atoms with E-state index < -0.39 is 18.1 Å². The molecule has 0 aromatic heterocycles. The molecule has 4 aliphatic carbocycles. The van der Waals surface area contributed by atoms with E-state index >= 15 is 0 Å². The van der Waals surface area contributed by atoms with E-state index in [1.165, 1.54) is 49.8 Å². The number of carbonyl (C=O) groups excluding carboxylic acids is 2. The lowest BCUT2D eigenvalue weighted by Crippen LogP contribution is -2.53. The van der Waals surface area contributed by atoms with Crippen LogP contribution in [0.1, 0.15) is 110 Å². The van der Waals surface area contributed by atoms with Gasteiger partial charge in [-0.2, -0.15) is 0 Å². The predicted octanol–water partition coefficient (Wildman–Crippen LogP) is 3.41. The van der Waals surface area contributed by atoms with Crippen LogP contribution in [0.25, 0.3) is 0 Å². The van der Waals surface area contributed by atoms with Crippen molar-refractivity contribution in [2.75, 3.05) is 13.1 Å². The number of hydrogen-bond acceptors (Lipinski definition) is 6. The summed E-state index contributed by atoms with van der Waals surface area (Å²) in [6.45, 7) is 5.75. The number of carboxylic acids is 1. The fraction of sp³-hybridized carbons (Fsp3) is 0.909. The van der Waals surface area contributed by atoms with Crippen molar-refractivity contribution in [3.8, 4) is 0 Å². The number of amides is 2. The molecule has 11 atom stereocenters. The SMILES string of the molecule is C[C@]12CC[C@@H](O)CC1CCC1C2CC[C@]2(C)C(CCC(=O)N[C@H]3C[C@@H](C(=O)O)N(C(=O)C(N)CCCCN)C3)CCC12. The highest BCUT2D eigenvalue weighted by Crippen LogP contribution is 2.67. The number of nitrogens with zero attached hydrogens (tertiary/aromatic N) is 1. The van der Waals surface area contributed by atoms with Gasteiger partial charge >= 0.3 is 5.97 Å². The molecule has 7 N–H and O–H groups in total. The van der Waals surface area contributed by atoms with Gasteiger partial charge in [-0.1, -0.05) is 20.3 Å². The summed E-state index contributed by atoms with van der Waals surface area (Å²) in [5, 5.41) is 23.2. The van der Waals surface area contributed by atoms with Crippen molar-refractivity contribution in [2.45, 2.75) is 134 Å². The average molecular weight is 589 g/mol. The molecule has 1 aliphatic heterocycles. The van der Waals surface area contributed by atoms with Gasteiger partial charge in [-0.25, -0.2) is 4.79 Å². The second-order valence-electron chi connectivity index (χ2n) is 15.2. The van der Waals surface area contributed by atoms with Crippen molar-refractivity contribution in [1.82, 2.24) is 10.2 Å². The van der Waals surface area contributed by atoms with Gasteiger partial charge in [0.25, 0.3) is 0 Å². The lowest BCUT2D eigenvalue weighted by atomic mass is 9.44. The second kappa shape index (κ2) is 12.7. The van der Waals surface area contributed by atoms with Crippen LogP contribution in [0.3, 0.4) is 0 Å². The van der Waals surface area contributed by atoms with Crippen LogP contribution in [0, 0.1) is 40.4 Å². The molecule has 9 nitrogen and oxygen atoms in total. The number of aliphatic hydroxyl groups excluding tert-OH is 1. The maximum Gasteiger partial charge on any atom is 0.326 e. The molecule has 6 unspecified atom stereocenters. The number of carbonyl (C=O) groups is 3. The van der Waals surface area contributed by atoms with Gasteiger partial charge in [0.15, 0.2) is 0 Å². The van der Waals surface area contributed by atoms with Gasteiger partial charge in [0, 0.05) is 25.4 Å². The van der Waals surface area contributed by atoms with Crippen molar-refractivity contribution in [2.24, 2.45) is 51.9 Å². The highest BCUT2D eigenvalue weighted by atomic mass is 16.4. The Kier molecular flexibility index (Phi) is 9.60. The smallest absolute Gasteiger partial charge is 0.326 e. The van der Waals surface area contributed by atoms with E-state index in [-0.39, 0.29) is 42.3 Å². The first-order valence-electron chi connectivity index (χ1n) is 16.9. The summed E-state index contributed by atoms with van der Waals surface area (Å²) in [6.07, 6.45) is 14.0. The van der Waals surface area contributed by atoms with E-state index in [2.05, 4.69) is 19.2 Å². The summed E-state index contributed by atoms with van der Waals surface area (Å²) in [5.74, 6) is 2.03. The Bertz CT molecular complexity index is 1010. The largest absolute Gasteiger partial charge is 0.480 e. The van der Waals surface area contributed by atoms with Crippen LogP contribution < -0.4 is 16.8 Å². The number of nitrogens with two attached hydrogens (primary N) is 2. The van der Waals surface area contributed by atoms with Gasteiger partial charge < -0.3 is 31.9 Å². The molecule has 42 heavy (non-hydrogen) atoms. The van der Waals surface area contributed by atoms with Crippen molar-refractivity contribution >= 4 is 17.8 Å². The molecule has 5 fully saturated rings. The molecule has 0 aromatic rings. The van der Waals surface area contributed by atoms with E-state index in [1.807, 2.05) is 0 Å². The van der Waals surface area contributed by atoms with Gasteiger partial charge in [0.2, 0.25) is 11.8 Å². The Morgan fingerprint density at radius 2 is 1.71 bits per heavy atom. The normalized spacial score (nSPS) is 41.9. The van der Waals surface area contributed by atoms with Gasteiger partial charge in [-0.15, -0.1) is 0 Å². The average Bonchev–Trinajstić information content (AvgIpc) is 3.52. The van der Waals surface area contributed by atoms with Crippen molar-refractivity contribution < 1.29 is 24.6 Å². The van der Waals surface area contributed by atoms with Crippen molar-refractivity contribution in [3.05, 3.63) is 0 Å². The Labute approximate surface area is 251 Å². The Hall–Kier alpha value is -1.71. The number of rotatable bonds is 10. The van der Waals surface area contributed by atoms with E-state index in [9.17, 15) is 24.6 Å². The third kappa shape index (κ3) is 5.99. The molecule has 238 valence electrons. The van der Waals surface area contributed by atoms with Crippen molar-refractivity contribution in [1.29, 1.82) is 0 Å². The van der Waals surface area contributed by atoms with Gasteiger partial charge in [-0.05, 0) is 124 Å². The van der Waals surface area contributed by atoms with Crippen LogP contribution in [0.15, 0.2) is 0 Å². The molecule has 0 aromatic carbocycles. The zero-order valence-corrected chi connectivity index (χ0v) is 25.9. The Morgan fingerprint density at radius 1 is 0.976 bits per heavy atom. The molecule has 0 spiro atoms. The van der Waals surface area contributed by atoms with Crippen LogP contribution in [0.5, 0.6) is 0 Å². The number of nitrogens with one attached hydrogen (secondary N) is 1. The van der Waals surface area contributed by atoms with Crippen LogP contribution in [-0.4, -0.2) is 70.2 Å². The van der Waals surface area contributed by atoms with Gasteiger partial charge in [0.05, 0.1) is 12.1 Å². The van der Waals surface area contributed by atoms with Gasteiger partial charge in [-0.3, -0.25) is 9.59 Å². The minimum atomic E-state index is -1.05. The zero-order chi connectivity index (χ0) is 30.2. The van der Waals surface area contributed by atoms with Crippen LogP contribution in [0.2, 0.25) is 0 Å². The summed E-state index contributed by atoms with van der Waals surface area (Å²) >= 11 is 0. The molecule has 9 heteroatoms. The molecule has 1 saturated heterocycles. The van der Waals surface area contributed by atoms with E-state index in [0.717, 1.165) is 49.9 Å². The molecule has 2 amide bonds. The molecular formula is C33H56N4O5. The van der Waals surface area contributed by atoms with Crippen LogP contribution in [0.4, 0.5) is 0 Å². The van der Waals surface area contributed by atoms with E-state index in [0.29, 0.717) is 36.6 Å². The van der Waals surface area contributed by atoms with Crippen molar-refractivity contribution in [3.63, 3.8) is 0 Å². The number of carboxylic acid groups (broad SMARTS) is 1. The highest BCUT2D eigenvalue weighted by Gasteiger charge is 2.60. The lowest BCUT2D eigenvalue weighted by Gasteiger charge is -2.61.